The fraction of sp³-hybridized carbons (Fsp3) is 0.240. The van der Waals surface area contributed by atoms with Crippen LogP contribution in [0, 0.1) is 0 Å². The van der Waals surface area contributed by atoms with Gasteiger partial charge in [0.2, 0.25) is 5.95 Å². The predicted octanol–water partition coefficient (Wildman–Crippen LogP) is 5.81. The van der Waals surface area contributed by atoms with Crippen molar-refractivity contribution in [1.29, 1.82) is 0 Å². The van der Waals surface area contributed by atoms with Crippen LogP contribution < -0.4 is 20.7 Å². The molecule has 12 heteroatoms. The second-order valence-electron chi connectivity index (χ2n) is 8.42. The first kappa shape index (κ1) is 24.4. The minimum atomic E-state index is -4.39. The van der Waals surface area contributed by atoms with Crippen LogP contribution in [0.3, 0.4) is 0 Å². The summed E-state index contributed by atoms with van der Waals surface area (Å²) in [4.78, 5) is 23.8. The molecule has 4 aromatic rings. The van der Waals surface area contributed by atoms with Crippen molar-refractivity contribution in [3.8, 4) is 11.5 Å². The van der Waals surface area contributed by atoms with E-state index < -0.39 is 17.8 Å². The minimum absolute atomic E-state index is 0.125. The normalized spacial score (nSPS) is 14.4. The zero-order valence-electron chi connectivity index (χ0n) is 19.4. The number of rotatable bonds is 6. The summed E-state index contributed by atoms with van der Waals surface area (Å²) < 4.78 is 49.6. The van der Waals surface area contributed by atoms with Crippen molar-refractivity contribution >= 4 is 34.6 Å². The topological polar surface area (TPSA) is 113 Å². The third-order valence-corrected chi connectivity index (χ3v) is 5.69. The molecular weight excluding hydrogens is 489 g/mol. The Hall–Kier alpha value is -4.32. The smallest absolute Gasteiger partial charge is 0.416 e. The van der Waals surface area contributed by atoms with Gasteiger partial charge in [-0.3, -0.25) is 5.32 Å². The summed E-state index contributed by atoms with van der Waals surface area (Å²) in [5.74, 6) is 1.62. The van der Waals surface area contributed by atoms with E-state index in [2.05, 4.69) is 30.9 Å². The molecule has 1 saturated heterocycles. The molecule has 1 aliphatic heterocycles. The van der Waals surface area contributed by atoms with E-state index in [-0.39, 0.29) is 6.10 Å². The summed E-state index contributed by atoms with van der Waals surface area (Å²) in [6.07, 6.45) is -2.04. The number of fused-ring (bicyclic) bond motifs is 1. The molecule has 5 rings (SSSR count). The van der Waals surface area contributed by atoms with Crippen LogP contribution in [0.5, 0.6) is 11.5 Å². The molecule has 1 amide bonds. The average molecular weight is 512 g/mol. The Balaban J connectivity index is 1.22. The van der Waals surface area contributed by atoms with E-state index in [0.717, 1.165) is 38.1 Å². The molecule has 0 saturated carbocycles. The van der Waals surface area contributed by atoms with Crippen LogP contribution in [0.4, 0.5) is 35.4 Å². The highest BCUT2D eigenvalue weighted by Crippen LogP contribution is 2.31. The number of hydrogen-bond donors (Lipinski definition) is 4. The summed E-state index contributed by atoms with van der Waals surface area (Å²) in [7, 11) is 0. The second-order valence-corrected chi connectivity index (χ2v) is 8.42. The first-order valence-electron chi connectivity index (χ1n) is 11.6. The van der Waals surface area contributed by atoms with Crippen LogP contribution in [0.15, 0.2) is 60.8 Å². The third kappa shape index (κ3) is 6.28. The number of nitrogens with zero attached hydrogens (tertiary/aromatic N) is 2. The van der Waals surface area contributed by atoms with E-state index in [1.54, 1.807) is 30.3 Å². The minimum Gasteiger partial charge on any atom is -0.457 e. The van der Waals surface area contributed by atoms with Crippen molar-refractivity contribution in [2.24, 2.45) is 0 Å². The molecule has 2 aromatic carbocycles. The molecule has 1 fully saturated rings. The van der Waals surface area contributed by atoms with Crippen LogP contribution in [0.1, 0.15) is 18.4 Å². The van der Waals surface area contributed by atoms with Crippen LogP contribution >= 0.6 is 0 Å². The average Bonchev–Trinajstić information content (AvgIpc) is 3.26. The number of amides is 1. The Morgan fingerprint density at radius 3 is 2.51 bits per heavy atom. The van der Waals surface area contributed by atoms with Gasteiger partial charge in [0.15, 0.2) is 0 Å². The summed E-state index contributed by atoms with van der Waals surface area (Å²) in [5.41, 5.74) is 1.03. The van der Waals surface area contributed by atoms with Crippen LogP contribution in [0.25, 0.3) is 11.0 Å². The van der Waals surface area contributed by atoms with Crippen molar-refractivity contribution in [1.82, 2.24) is 20.3 Å². The molecule has 0 aliphatic carbocycles. The number of imidazole rings is 1. The first-order valence-corrected chi connectivity index (χ1v) is 11.6. The molecule has 1 aliphatic rings. The number of piperidine rings is 1. The fourth-order valence-corrected chi connectivity index (χ4v) is 3.87. The van der Waals surface area contributed by atoms with Gasteiger partial charge in [-0.05, 0) is 68.4 Å². The molecule has 9 nitrogen and oxygen atoms in total. The monoisotopic (exact) mass is 512 g/mol. The Bertz CT molecular complexity index is 1380. The fourth-order valence-electron chi connectivity index (χ4n) is 3.87. The van der Waals surface area contributed by atoms with Crippen LogP contribution in [0.2, 0.25) is 0 Å². The summed E-state index contributed by atoms with van der Waals surface area (Å²) in [5, 5.41) is 8.79. The number of anilines is 3. The lowest BCUT2D eigenvalue weighted by atomic mass is 10.1. The van der Waals surface area contributed by atoms with E-state index >= 15 is 0 Å². The van der Waals surface area contributed by atoms with E-state index in [1.807, 2.05) is 0 Å². The molecular formula is C25H23F3N6O3. The Morgan fingerprint density at radius 1 is 1.00 bits per heavy atom. The van der Waals surface area contributed by atoms with Gasteiger partial charge < -0.3 is 25.1 Å². The summed E-state index contributed by atoms with van der Waals surface area (Å²) >= 11 is 0. The summed E-state index contributed by atoms with van der Waals surface area (Å²) in [6.45, 7) is 1.62. The number of alkyl halides is 3. The molecule has 4 N–H and O–H groups in total. The number of carbonyl (C=O) groups is 1. The van der Waals surface area contributed by atoms with Gasteiger partial charge in [0, 0.05) is 24.0 Å². The standard InChI is InChI=1S/C25H23F3N6O3/c26-25(27,28)15-1-3-16(4-2-15)31-23-32-20-6-5-18(13-21(20)33-23)36-19-9-12-30-22(14-19)34-24(35)37-17-7-10-29-11-8-17/h1-6,9,12-14,17,29H,7-8,10-11H2,(H,30,34,35)(H2,31,32,33). The molecule has 0 radical (unpaired) electrons. The van der Waals surface area contributed by atoms with Gasteiger partial charge in [-0.25, -0.2) is 14.8 Å². The number of aromatic amines is 1. The van der Waals surface area contributed by atoms with Crippen molar-refractivity contribution in [3.05, 3.63) is 66.4 Å². The van der Waals surface area contributed by atoms with Gasteiger partial charge in [0.05, 0.1) is 16.6 Å². The van der Waals surface area contributed by atoms with Crippen molar-refractivity contribution in [3.63, 3.8) is 0 Å². The lowest BCUT2D eigenvalue weighted by Gasteiger charge is -2.22. The van der Waals surface area contributed by atoms with Crippen molar-refractivity contribution < 1.29 is 27.4 Å². The lowest BCUT2D eigenvalue weighted by molar-refractivity contribution is -0.137. The number of ether oxygens (including phenoxy) is 2. The van der Waals surface area contributed by atoms with Crippen molar-refractivity contribution in [2.45, 2.75) is 25.1 Å². The van der Waals surface area contributed by atoms with Gasteiger partial charge in [-0.2, -0.15) is 13.2 Å². The first-order chi connectivity index (χ1) is 17.8. The number of aromatic nitrogens is 3. The van der Waals surface area contributed by atoms with E-state index in [4.69, 9.17) is 9.47 Å². The van der Waals surface area contributed by atoms with Gasteiger partial charge in [0.25, 0.3) is 0 Å². The van der Waals surface area contributed by atoms with E-state index in [9.17, 15) is 18.0 Å². The number of nitrogens with one attached hydrogen (secondary N) is 4. The zero-order valence-corrected chi connectivity index (χ0v) is 19.4. The highest BCUT2D eigenvalue weighted by atomic mass is 19.4. The van der Waals surface area contributed by atoms with Gasteiger partial charge >= 0.3 is 12.3 Å². The van der Waals surface area contributed by atoms with Crippen molar-refractivity contribution in [2.75, 3.05) is 23.7 Å². The number of pyridine rings is 1. The van der Waals surface area contributed by atoms with Gasteiger partial charge in [0.1, 0.15) is 23.4 Å². The highest BCUT2D eigenvalue weighted by Gasteiger charge is 2.30. The number of hydrogen-bond acceptors (Lipinski definition) is 7. The molecule has 0 atom stereocenters. The Morgan fingerprint density at radius 2 is 1.76 bits per heavy atom. The molecule has 192 valence electrons. The Kier molecular flexibility index (Phi) is 6.82. The maximum absolute atomic E-state index is 12.8. The van der Waals surface area contributed by atoms with Crippen LogP contribution in [-0.2, 0) is 10.9 Å². The SMILES string of the molecule is O=C(Nc1cc(Oc2ccc3nc(Nc4ccc(C(F)(F)F)cc4)[nH]c3c2)ccn1)OC1CCNCC1. The van der Waals surface area contributed by atoms with E-state index in [1.165, 1.54) is 18.3 Å². The molecule has 37 heavy (non-hydrogen) atoms. The zero-order chi connectivity index (χ0) is 25.8. The number of benzene rings is 2. The Labute approximate surface area is 209 Å². The molecule has 0 unspecified atom stereocenters. The molecule has 0 spiro atoms. The molecule has 2 aromatic heterocycles. The number of halogens is 3. The second kappa shape index (κ2) is 10.3. The number of H-pyrrole nitrogens is 1. The van der Waals surface area contributed by atoms with Gasteiger partial charge in [-0.1, -0.05) is 0 Å². The number of carbonyl (C=O) groups excluding carboxylic acids is 1. The predicted molar refractivity (Wildman–Crippen MR) is 131 cm³/mol. The van der Waals surface area contributed by atoms with Crippen LogP contribution in [-0.4, -0.2) is 40.2 Å². The van der Waals surface area contributed by atoms with E-state index in [0.29, 0.717) is 40.0 Å². The maximum atomic E-state index is 12.8. The third-order valence-electron chi connectivity index (χ3n) is 5.69. The maximum Gasteiger partial charge on any atom is 0.416 e. The summed E-state index contributed by atoms with van der Waals surface area (Å²) in [6, 6.07) is 13.1. The highest BCUT2D eigenvalue weighted by molar-refractivity contribution is 5.83. The van der Waals surface area contributed by atoms with Gasteiger partial charge in [-0.15, -0.1) is 0 Å². The molecule has 3 heterocycles. The lowest BCUT2D eigenvalue weighted by Crippen LogP contribution is -2.34. The molecule has 0 bridgehead atoms. The quantitative estimate of drug-likeness (QED) is 0.258. The largest absolute Gasteiger partial charge is 0.457 e.